The van der Waals surface area contributed by atoms with Crippen LogP contribution in [0.25, 0.3) is 0 Å². The summed E-state index contributed by atoms with van der Waals surface area (Å²) in [6, 6.07) is 16.6. The molecule has 2 N–H and O–H groups in total. The van der Waals surface area contributed by atoms with Gasteiger partial charge in [0.2, 0.25) is 0 Å². The van der Waals surface area contributed by atoms with E-state index < -0.39 is 0 Å². The van der Waals surface area contributed by atoms with Gasteiger partial charge in [0.05, 0.1) is 0 Å². The van der Waals surface area contributed by atoms with Crippen molar-refractivity contribution in [1.82, 2.24) is 4.90 Å². The lowest BCUT2D eigenvalue weighted by Crippen LogP contribution is -2.44. The molecule has 0 aliphatic carbocycles. The number of hydrogen-bond acceptors (Lipinski definition) is 3. The molecule has 2 aromatic rings. The molecular weight excluding hydrogens is 270 g/mol. The number of benzene rings is 2. The molecule has 0 radical (unpaired) electrons. The highest BCUT2D eigenvalue weighted by molar-refractivity contribution is 5.47. The van der Waals surface area contributed by atoms with Crippen LogP contribution in [0.3, 0.4) is 0 Å². The molecule has 3 rings (SSSR count). The van der Waals surface area contributed by atoms with Gasteiger partial charge in [-0.1, -0.05) is 35.4 Å². The average Bonchev–Trinajstić information content (AvgIpc) is 2.53. The van der Waals surface area contributed by atoms with Crippen LogP contribution in [0.15, 0.2) is 48.5 Å². The first kappa shape index (κ1) is 16.4. The predicted octanol–water partition coefficient (Wildman–Crippen LogP) is 3.32. The van der Waals surface area contributed by atoms with Crippen molar-refractivity contribution in [2.75, 3.05) is 43.9 Å². The zero-order valence-electron chi connectivity index (χ0n) is 13.9. The minimum absolute atomic E-state index is 0.829. The molecule has 0 bridgehead atoms. The van der Waals surface area contributed by atoms with Gasteiger partial charge in [-0.3, -0.25) is 0 Å². The fourth-order valence-corrected chi connectivity index (χ4v) is 2.39. The van der Waals surface area contributed by atoms with Crippen molar-refractivity contribution in [2.45, 2.75) is 13.8 Å². The molecule has 118 valence electrons. The summed E-state index contributed by atoms with van der Waals surface area (Å²) in [5.74, 6) is 0. The van der Waals surface area contributed by atoms with Crippen LogP contribution in [0.2, 0.25) is 0 Å². The van der Waals surface area contributed by atoms with Crippen molar-refractivity contribution in [3.8, 4) is 0 Å². The molecule has 0 aromatic heterocycles. The van der Waals surface area contributed by atoms with Crippen molar-refractivity contribution in [1.29, 1.82) is 0 Å². The van der Waals surface area contributed by atoms with E-state index in [-0.39, 0.29) is 0 Å². The zero-order chi connectivity index (χ0) is 15.9. The summed E-state index contributed by atoms with van der Waals surface area (Å²) < 4.78 is 0. The molecular formula is C19H27N3. The highest BCUT2D eigenvalue weighted by Gasteiger charge is 2.13. The highest BCUT2D eigenvalue weighted by atomic mass is 15.2. The van der Waals surface area contributed by atoms with Gasteiger partial charge in [0.15, 0.2) is 0 Å². The maximum absolute atomic E-state index is 5.43. The first-order chi connectivity index (χ1) is 10.5. The van der Waals surface area contributed by atoms with Gasteiger partial charge in [0.1, 0.15) is 0 Å². The van der Waals surface area contributed by atoms with Gasteiger partial charge in [0, 0.05) is 37.6 Å². The molecule has 1 aliphatic rings. The third-order valence-electron chi connectivity index (χ3n) is 3.98. The van der Waals surface area contributed by atoms with Crippen LogP contribution in [-0.4, -0.2) is 38.1 Å². The van der Waals surface area contributed by atoms with Crippen LogP contribution in [0, 0.1) is 13.8 Å². The molecule has 0 amide bonds. The van der Waals surface area contributed by atoms with Crippen LogP contribution >= 0.6 is 0 Å². The molecule has 0 saturated carbocycles. The number of aryl methyl sites for hydroxylation is 2. The molecule has 2 aromatic carbocycles. The van der Waals surface area contributed by atoms with E-state index in [2.05, 4.69) is 48.0 Å². The molecule has 3 heteroatoms. The quantitative estimate of drug-likeness (QED) is 0.820. The van der Waals surface area contributed by atoms with E-state index in [1.54, 1.807) is 0 Å². The lowest BCUT2D eigenvalue weighted by molar-refractivity contribution is 0.313. The molecule has 0 spiro atoms. The second-order valence-electron chi connectivity index (χ2n) is 6.04. The summed E-state index contributed by atoms with van der Waals surface area (Å²) in [6.07, 6.45) is 0. The number of hydrogen-bond donors (Lipinski definition) is 1. The Morgan fingerprint density at radius 1 is 0.727 bits per heavy atom. The van der Waals surface area contributed by atoms with Gasteiger partial charge >= 0.3 is 0 Å². The zero-order valence-corrected chi connectivity index (χ0v) is 13.9. The first-order valence-electron chi connectivity index (χ1n) is 7.87. The minimum Gasteiger partial charge on any atom is -0.399 e. The van der Waals surface area contributed by atoms with Crippen molar-refractivity contribution < 1.29 is 0 Å². The number of anilines is 2. The van der Waals surface area contributed by atoms with Crippen molar-refractivity contribution in [3.05, 3.63) is 59.7 Å². The fourth-order valence-electron chi connectivity index (χ4n) is 2.39. The Hall–Kier alpha value is -2.00. The van der Waals surface area contributed by atoms with E-state index in [1.807, 2.05) is 31.2 Å². The fraction of sp³-hybridized carbons (Fsp3) is 0.368. The molecule has 1 aliphatic heterocycles. The number of rotatable bonds is 1. The molecule has 0 atom stereocenters. The normalized spacial score (nSPS) is 15.1. The van der Waals surface area contributed by atoms with Crippen LogP contribution < -0.4 is 10.6 Å². The van der Waals surface area contributed by atoms with E-state index in [0.29, 0.717) is 0 Å². The van der Waals surface area contributed by atoms with Gasteiger partial charge in [-0.05, 0) is 45.2 Å². The van der Waals surface area contributed by atoms with Crippen LogP contribution in [0.4, 0.5) is 11.4 Å². The van der Waals surface area contributed by atoms with Gasteiger partial charge in [-0.25, -0.2) is 0 Å². The SMILES string of the molecule is Cc1ccc(N)cc1.Cc1ccc(N2CCN(C)CC2)cc1. The Balaban J connectivity index is 0.000000188. The largest absolute Gasteiger partial charge is 0.399 e. The standard InChI is InChI=1S/C12H18N2.C7H9N/c1-11-3-5-12(6-4-11)14-9-7-13(2)8-10-14;1-6-2-4-7(8)5-3-6/h3-6H,7-10H2,1-2H3;2-5H,8H2,1H3. The van der Waals surface area contributed by atoms with E-state index in [1.165, 1.54) is 29.9 Å². The number of nitrogens with two attached hydrogens (primary N) is 1. The topological polar surface area (TPSA) is 32.5 Å². The molecule has 22 heavy (non-hydrogen) atoms. The second-order valence-corrected chi connectivity index (χ2v) is 6.04. The number of nitrogens with zero attached hydrogens (tertiary/aromatic N) is 2. The summed E-state index contributed by atoms with van der Waals surface area (Å²) >= 11 is 0. The average molecular weight is 297 g/mol. The third-order valence-corrected chi connectivity index (χ3v) is 3.98. The Morgan fingerprint density at radius 2 is 1.18 bits per heavy atom. The smallest absolute Gasteiger partial charge is 0.0367 e. The Kier molecular flexibility index (Phi) is 5.84. The summed E-state index contributed by atoms with van der Waals surface area (Å²) in [7, 11) is 2.19. The maximum atomic E-state index is 5.43. The Bertz CT molecular complexity index is 531. The van der Waals surface area contributed by atoms with E-state index >= 15 is 0 Å². The molecule has 1 saturated heterocycles. The summed E-state index contributed by atoms with van der Waals surface area (Å²) in [4.78, 5) is 4.84. The van der Waals surface area contributed by atoms with Crippen LogP contribution in [0.1, 0.15) is 11.1 Å². The lowest BCUT2D eigenvalue weighted by Gasteiger charge is -2.34. The Labute approximate surface area is 134 Å². The third kappa shape index (κ3) is 5.08. The number of likely N-dealkylation sites (N-methyl/N-ethyl adjacent to an activating group) is 1. The van der Waals surface area contributed by atoms with Gasteiger partial charge in [-0.2, -0.15) is 0 Å². The number of piperazine rings is 1. The summed E-state index contributed by atoms with van der Waals surface area (Å²) in [5, 5.41) is 0. The molecule has 1 heterocycles. The van der Waals surface area contributed by atoms with Gasteiger partial charge in [-0.15, -0.1) is 0 Å². The van der Waals surface area contributed by atoms with E-state index in [0.717, 1.165) is 18.8 Å². The van der Waals surface area contributed by atoms with Gasteiger partial charge < -0.3 is 15.5 Å². The van der Waals surface area contributed by atoms with E-state index in [9.17, 15) is 0 Å². The van der Waals surface area contributed by atoms with Gasteiger partial charge in [0.25, 0.3) is 0 Å². The van der Waals surface area contributed by atoms with Crippen LogP contribution in [-0.2, 0) is 0 Å². The first-order valence-corrected chi connectivity index (χ1v) is 7.87. The number of nitrogen functional groups attached to an aromatic ring is 1. The summed E-state index contributed by atoms with van der Waals surface area (Å²) in [6.45, 7) is 8.83. The Morgan fingerprint density at radius 3 is 1.64 bits per heavy atom. The highest BCUT2D eigenvalue weighted by Crippen LogP contribution is 2.16. The summed E-state index contributed by atoms with van der Waals surface area (Å²) in [5.41, 5.74) is 10.2. The maximum Gasteiger partial charge on any atom is 0.0367 e. The van der Waals surface area contributed by atoms with E-state index in [4.69, 9.17) is 5.73 Å². The van der Waals surface area contributed by atoms with Crippen molar-refractivity contribution >= 4 is 11.4 Å². The minimum atomic E-state index is 0.829. The van der Waals surface area contributed by atoms with Crippen LogP contribution in [0.5, 0.6) is 0 Å². The molecule has 0 unspecified atom stereocenters. The molecule has 1 fully saturated rings. The lowest BCUT2D eigenvalue weighted by atomic mass is 10.2. The van der Waals surface area contributed by atoms with Crippen molar-refractivity contribution in [2.24, 2.45) is 0 Å². The van der Waals surface area contributed by atoms with Crippen molar-refractivity contribution in [3.63, 3.8) is 0 Å². The second kappa shape index (κ2) is 7.85. The molecule has 3 nitrogen and oxygen atoms in total. The predicted molar refractivity (Wildman–Crippen MR) is 96.5 cm³/mol. The monoisotopic (exact) mass is 297 g/mol.